The molecule has 1 heteroatoms. The van der Waals surface area contributed by atoms with E-state index in [0.29, 0.717) is 0 Å². The van der Waals surface area contributed by atoms with Gasteiger partial charge in [0.1, 0.15) is 0 Å². The van der Waals surface area contributed by atoms with Gasteiger partial charge in [-0.25, -0.2) is 0 Å². The zero-order valence-electron chi connectivity index (χ0n) is 12.4. The van der Waals surface area contributed by atoms with E-state index in [4.69, 9.17) is 0 Å². The van der Waals surface area contributed by atoms with E-state index in [-0.39, 0.29) is 0 Å². The molecule has 22 heavy (non-hydrogen) atoms. The predicted molar refractivity (Wildman–Crippen MR) is 95.6 cm³/mol. The molecule has 0 fully saturated rings. The highest BCUT2D eigenvalue weighted by molar-refractivity contribution is 6.31. The van der Waals surface area contributed by atoms with Crippen molar-refractivity contribution in [3.63, 3.8) is 0 Å². The van der Waals surface area contributed by atoms with Gasteiger partial charge in [-0.05, 0) is 35.2 Å². The summed E-state index contributed by atoms with van der Waals surface area (Å²) in [5, 5.41) is 7.92. The number of nitrogens with one attached hydrogen (secondary N) is 1. The van der Waals surface area contributed by atoms with Crippen molar-refractivity contribution in [3.8, 4) is 0 Å². The molecule has 0 aliphatic carbocycles. The van der Waals surface area contributed by atoms with Crippen LogP contribution in [0.1, 0.15) is 5.56 Å². The van der Waals surface area contributed by atoms with Crippen molar-refractivity contribution >= 4 is 43.4 Å². The van der Waals surface area contributed by atoms with Crippen LogP contribution >= 0.6 is 0 Å². The second-order valence-electron chi connectivity index (χ2n) is 6.02. The maximum Gasteiger partial charge on any atom is 0.0551 e. The lowest BCUT2D eigenvalue weighted by molar-refractivity contribution is 1.50. The van der Waals surface area contributed by atoms with Gasteiger partial charge in [-0.2, -0.15) is 0 Å². The summed E-state index contributed by atoms with van der Waals surface area (Å²) < 4.78 is 0. The van der Waals surface area contributed by atoms with Crippen molar-refractivity contribution in [1.82, 2.24) is 4.98 Å². The van der Waals surface area contributed by atoms with Crippen LogP contribution in [0.25, 0.3) is 43.4 Å². The second kappa shape index (κ2) is 4.11. The Bertz CT molecular complexity index is 1180. The van der Waals surface area contributed by atoms with Gasteiger partial charge < -0.3 is 4.98 Å². The van der Waals surface area contributed by atoms with Gasteiger partial charge in [-0.3, -0.25) is 0 Å². The molecule has 0 amide bonds. The Morgan fingerprint density at radius 2 is 1.32 bits per heavy atom. The molecular formula is C21H15N. The molecule has 0 bridgehead atoms. The second-order valence-corrected chi connectivity index (χ2v) is 6.02. The maximum absolute atomic E-state index is 3.64. The zero-order chi connectivity index (χ0) is 14.7. The fourth-order valence-corrected chi connectivity index (χ4v) is 3.66. The van der Waals surface area contributed by atoms with E-state index in [9.17, 15) is 0 Å². The number of rotatable bonds is 0. The molecule has 0 saturated carbocycles. The van der Waals surface area contributed by atoms with Crippen molar-refractivity contribution in [1.29, 1.82) is 0 Å². The number of H-pyrrole nitrogens is 1. The minimum absolute atomic E-state index is 1.21. The van der Waals surface area contributed by atoms with Gasteiger partial charge in [0.15, 0.2) is 0 Å². The summed E-state index contributed by atoms with van der Waals surface area (Å²) in [6.07, 6.45) is 0. The highest BCUT2D eigenvalue weighted by Crippen LogP contribution is 2.38. The molecule has 0 aliphatic rings. The average Bonchev–Trinajstić information content (AvgIpc) is 2.95. The molecule has 1 nitrogen and oxygen atoms in total. The standard InChI is InChI=1S/C21H15N/c1-13-10-11-15-14-6-2-3-7-16(14)20-17-8-4-5-9-19(17)22-21(20)18(15)12-13/h2-12,22H,1H3. The fraction of sp³-hybridized carbons (Fsp3) is 0.0476. The van der Waals surface area contributed by atoms with E-state index in [1.807, 2.05) is 0 Å². The molecule has 0 spiro atoms. The van der Waals surface area contributed by atoms with Crippen molar-refractivity contribution in [2.75, 3.05) is 0 Å². The first-order chi connectivity index (χ1) is 10.8. The van der Waals surface area contributed by atoms with Gasteiger partial charge in [-0.1, -0.05) is 60.2 Å². The number of benzene rings is 4. The molecule has 1 N–H and O–H groups in total. The molecule has 104 valence electrons. The molecule has 0 unspecified atom stereocenters. The molecule has 5 aromatic rings. The largest absolute Gasteiger partial charge is 0.354 e. The summed E-state index contributed by atoms with van der Waals surface area (Å²) in [5.41, 5.74) is 3.75. The van der Waals surface area contributed by atoms with Crippen molar-refractivity contribution in [2.45, 2.75) is 6.92 Å². The average molecular weight is 281 g/mol. The third-order valence-corrected chi connectivity index (χ3v) is 4.64. The van der Waals surface area contributed by atoms with Gasteiger partial charge in [0.2, 0.25) is 0 Å². The van der Waals surface area contributed by atoms with Crippen molar-refractivity contribution in [3.05, 3.63) is 72.3 Å². The van der Waals surface area contributed by atoms with Gasteiger partial charge in [0.05, 0.1) is 5.52 Å². The van der Waals surface area contributed by atoms with E-state index >= 15 is 0 Å². The summed E-state index contributed by atoms with van der Waals surface area (Å²) in [6, 6.07) is 24.0. The molecule has 5 rings (SSSR count). The van der Waals surface area contributed by atoms with Crippen LogP contribution in [0.3, 0.4) is 0 Å². The number of hydrogen-bond donors (Lipinski definition) is 1. The number of hydrogen-bond acceptors (Lipinski definition) is 0. The van der Waals surface area contributed by atoms with Gasteiger partial charge >= 0.3 is 0 Å². The molecular weight excluding hydrogens is 266 g/mol. The van der Waals surface area contributed by atoms with Crippen LogP contribution < -0.4 is 0 Å². The first kappa shape index (κ1) is 11.8. The topological polar surface area (TPSA) is 15.8 Å². The van der Waals surface area contributed by atoms with E-state index in [2.05, 4.69) is 78.6 Å². The smallest absolute Gasteiger partial charge is 0.0551 e. The zero-order valence-corrected chi connectivity index (χ0v) is 12.4. The Labute approximate surface area is 128 Å². The first-order valence-electron chi connectivity index (χ1n) is 7.64. The molecule has 0 saturated heterocycles. The minimum atomic E-state index is 1.21. The van der Waals surface area contributed by atoms with Crippen LogP contribution in [0.2, 0.25) is 0 Å². The lowest BCUT2D eigenvalue weighted by Crippen LogP contribution is -1.82. The highest BCUT2D eigenvalue weighted by Gasteiger charge is 2.12. The third-order valence-electron chi connectivity index (χ3n) is 4.64. The summed E-state index contributed by atoms with van der Waals surface area (Å²) >= 11 is 0. The van der Waals surface area contributed by atoms with Gasteiger partial charge in [0, 0.05) is 21.7 Å². The lowest BCUT2D eigenvalue weighted by Gasteiger charge is -2.08. The number of fused-ring (bicyclic) bond motifs is 8. The number of aryl methyl sites for hydroxylation is 1. The molecule has 1 heterocycles. The van der Waals surface area contributed by atoms with Gasteiger partial charge in [-0.15, -0.1) is 0 Å². The molecule has 1 aromatic heterocycles. The van der Waals surface area contributed by atoms with Crippen LogP contribution in [-0.4, -0.2) is 4.98 Å². The molecule has 0 aliphatic heterocycles. The Hall–Kier alpha value is -2.80. The summed E-state index contributed by atoms with van der Waals surface area (Å²) in [5.74, 6) is 0. The minimum Gasteiger partial charge on any atom is -0.354 e. The first-order valence-corrected chi connectivity index (χ1v) is 7.64. The normalized spacial score (nSPS) is 11.9. The Kier molecular flexibility index (Phi) is 2.21. The summed E-state index contributed by atoms with van der Waals surface area (Å²) in [4.78, 5) is 3.64. The van der Waals surface area contributed by atoms with Crippen LogP contribution in [0.5, 0.6) is 0 Å². The molecule has 0 radical (unpaired) electrons. The monoisotopic (exact) mass is 281 g/mol. The highest BCUT2D eigenvalue weighted by atomic mass is 14.7. The van der Waals surface area contributed by atoms with Crippen LogP contribution in [-0.2, 0) is 0 Å². The van der Waals surface area contributed by atoms with E-state index in [1.165, 1.54) is 48.9 Å². The Balaban J connectivity index is 2.23. The Morgan fingerprint density at radius 1 is 0.636 bits per heavy atom. The molecule has 4 aromatic carbocycles. The molecule has 0 atom stereocenters. The van der Waals surface area contributed by atoms with Crippen molar-refractivity contribution < 1.29 is 0 Å². The number of para-hydroxylation sites is 1. The summed E-state index contributed by atoms with van der Waals surface area (Å²) in [7, 11) is 0. The van der Waals surface area contributed by atoms with Gasteiger partial charge in [0.25, 0.3) is 0 Å². The SMILES string of the molecule is Cc1ccc2c3ccccc3c3c4ccccc4[nH]c3c2c1. The van der Waals surface area contributed by atoms with E-state index in [1.54, 1.807) is 0 Å². The van der Waals surface area contributed by atoms with Crippen LogP contribution in [0.15, 0.2) is 66.7 Å². The summed E-state index contributed by atoms with van der Waals surface area (Å²) in [6.45, 7) is 2.16. The lowest BCUT2D eigenvalue weighted by atomic mass is 9.96. The Morgan fingerprint density at radius 3 is 2.18 bits per heavy atom. The number of aromatic amines is 1. The van der Waals surface area contributed by atoms with E-state index < -0.39 is 0 Å². The fourth-order valence-electron chi connectivity index (χ4n) is 3.66. The maximum atomic E-state index is 3.64. The van der Waals surface area contributed by atoms with E-state index in [0.717, 1.165) is 0 Å². The van der Waals surface area contributed by atoms with Crippen molar-refractivity contribution in [2.24, 2.45) is 0 Å². The number of aromatic nitrogens is 1. The third kappa shape index (κ3) is 1.43. The van der Waals surface area contributed by atoms with Crippen LogP contribution in [0, 0.1) is 6.92 Å². The van der Waals surface area contributed by atoms with Crippen LogP contribution in [0.4, 0.5) is 0 Å². The predicted octanol–water partition coefficient (Wildman–Crippen LogP) is 5.94. The quantitative estimate of drug-likeness (QED) is 0.338.